The number of aryl methyl sites for hydroxylation is 1. The van der Waals surface area contributed by atoms with Crippen LogP contribution in [0.5, 0.6) is 0 Å². The SMILES string of the molecule is CCCC[C@H](C(=O)OC)N1CCN(Cc2nc(C)no2)CC1. The van der Waals surface area contributed by atoms with E-state index in [1.165, 1.54) is 7.11 Å². The molecule has 1 aromatic rings. The van der Waals surface area contributed by atoms with Gasteiger partial charge in [-0.1, -0.05) is 24.9 Å². The van der Waals surface area contributed by atoms with Crippen molar-refractivity contribution in [1.29, 1.82) is 0 Å². The van der Waals surface area contributed by atoms with E-state index in [9.17, 15) is 4.79 Å². The zero-order chi connectivity index (χ0) is 15.9. The van der Waals surface area contributed by atoms with Gasteiger partial charge in [0.1, 0.15) is 6.04 Å². The molecule has 7 nitrogen and oxygen atoms in total. The van der Waals surface area contributed by atoms with Crippen LogP contribution < -0.4 is 0 Å². The summed E-state index contributed by atoms with van der Waals surface area (Å²) < 4.78 is 10.1. The number of nitrogens with zero attached hydrogens (tertiary/aromatic N) is 4. The van der Waals surface area contributed by atoms with Crippen molar-refractivity contribution in [2.75, 3.05) is 33.3 Å². The van der Waals surface area contributed by atoms with Gasteiger partial charge < -0.3 is 9.26 Å². The van der Waals surface area contributed by atoms with Crippen LogP contribution in [0.3, 0.4) is 0 Å². The largest absolute Gasteiger partial charge is 0.468 e. The first-order valence-corrected chi connectivity index (χ1v) is 7.97. The standard InChI is InChI=1S/C15H26N4O3/c1-4-5-6-13(15(20)21-3)19-9-7-18(8-10-19)11-14-16-12(2)17-22-14/h13H,4-11H2,1-3H3/t13-/m1/s1. The minimum atomic E-state index is -0.116. The smallest absolute Gasteiger partial charge is 0.323 e. The second kappa shape index (κ2) is 8.24. The summed E-state index contributed by atoms with van der Waals surface area (Å²) >= 11 is 0. The zero-order valence-corrected chi connectivity index (χ0v) is 13.7. The van der Waals surface area contributed by atoms with Crippen LogP contribution in [0.4, 0.5) is 0 Å². The highest BCUT2D eigenvalue weighted by Gasteiger charge is 2.29. The first-order valence-electron chi connectivity index (χ1n) is 7.97. The van der Waals surface area contributed by atoms with Crippen LogP contribution in [0.1, 0.15) is 37.9 Å². The molecule has 1 aromatic heterocycles. The fourth-order valence-corrected chi connectivity index (χ4v) is 2.81. The van der Waals surface area contributed by atoms with Crippen molar-refractivity contribution in [1.82, 2.24) is 19.9 Å². The van der Waals surface area contributed by atoms with Crippen LogP contribution in [-0.4, -0.2) is 65.2 Å². The highest BCUT2D eigenvalue weighted by Crippen LogP contribution is 2.15. The van der Waals surface area contributed by atoms with Crippen molar-refractivity contribution in [2.24, 2.45) is 0 Å². The third-order valence-corrected chi connectivity index (χ3v) is 4.08. The van der Waals surface area contributed by atoms with E-state index in [1.807, 2.05) is 6.92 Å². The average molecular weight is 310 g/mol. The molecule has 1 saturated heterocycles. The van der Waals surface area contributed by atoms with Gasteiger partial charge in [-0.2, -0.15) is 4.98 Å². The van der Waals surface area contributed by atoms with Crippen LogP contribution in [0.25, 0.3) is 0 Å². The monoisotopic (exact) mass is 310 g/mol. The highest BCUT2D eigenvalue weighted by atomic mass is 16.5. The molecule has 22 heavy (non-hydrogen) atoms. The molecule has 1 aliphatic rings. The van der Waals surface area contributed by atoms with Crippen LogP contribution in [-0.2, 0) is 16.1 Å². The van der Waals surface area contributed by atoms with Gasteiger partial charge in [0.2, 0.25) is 5.89 Å². The molecule has 0 bridgehead atoms. The number of piperazine rings is 1. The number of methoxy groups -OCH3 is 1. The van der Waals surface area contributed by atoms with E-state index in [-0.39, 0.29) is 12.0 Å². The second-order valence-corrected chi connectivity index (χ2v) is 5.73. The molecule has 0 amide bonds. The normalized spacial score (nSPS) is 18.3. The molecule has 1 aliphatic heterocycles. The Morgan fingerprint density at radius 3 is 2.64 bits per heavy atom. The third-order valence-electron chi connectivity index (χ3n) is 4.08. The van der Waals surface area contributed by atoms with E-state index < -0.39 is 0 Å². The molecular formula is C15H26N4O3. The van der Waals surface area contributed by atoms with Crippen molar-refractivity contribution in [2.45, 2.75) is 45.7 Å². The van der Waals surface area contributed by atoms with Gasteiger partial charge in [-0.15, -0.1) is 0 Å². The Kier molecular flexibility index (Phi) is 6.33. The summed E-state index contributed by atoms with van der Waals surface area (Å²) in [5.41, 5.74) is 0. The first kappa shape index (κ1) is 16.9. The maximum atomic E-state index is 12.0. The molecule has 0 aromatic carbocycles. The predicted molar refractivity (Wildman–Crippen MR) is 81.2 cm³/mol. The minimum absolute atomic E-state index is 0.113. The molecule has 2 rings (SSSR count). The van der Waals surface area contributed by atoms with Gasteiger partial charge in [0, 0.05) is 26.2 Å². The summed E-state index contributed by atoms with van der Waals surface area (Å²) in [6.45, 7) is 8.13. The summed E-state index contributed by atoms with van der Waals surface area (Å²) in [6.07, 6.45) is 3.00. The van der Waals surface area contributed by atoms with E-state index in [4.69, 9.17) is 9.26 Å². The second-order valence-electron chi connectivity index (χ2n) is 5.73. The Bertz CT molecular complexity index is 469. The van der Waals surface area contributed by atoms with Crippen molar-refractivity contribution in [3.8, 4) is 0 Å². The maximum Gasteiger partial charge on any atom is 0.323 e. The lowest BCUT2D eigenvalue weighted by Gasteiger charge is -2.37. The molecule has 2 heterocycles. The molecule has 7 heteroatoms. The van der Waals surface area contributed by atoms with E-state index in [1.54, 1.807) is 0 Å². The molecule has 0 spiro atoms. The van der Waals surface area contributed by atoms with Gasteiger partial charge in [-0.05, 0) is 13.3 Å². The van der Waals surface area contributed by atoms with Crippen LogP contribution >= 0.6 is 0 Å². The summed E-state index contributed by atoms with van der Waals surface area (Å²) in [6, 6.07) is -0.113. The van der Waals surface area contributed by atoms with E-state index in [0.717, 1.165) is 45.4 Å². The van der Waals surface area contributed by atoms with Gasteiger partial charge >= 0.3 is 5.97 Å². The third kappa shape index (κ3) is 4.51. The predicted octanol–water partition coefficient (Wildman–Crippen LogP) is 1.23. The van der Waals surface area contributed by atoms with Crippen molar-refractivity contribution < 1.29 is 14.1 Å². The number of carbonyl (C=O) groups is 1. The van der Waals surface area contributed by atoms with Gasteiger partial charge in [-0.3, -0.25) is 14.6 Å². The molecule has 0 unspecified atom stereocenters. The average Bonchev–Trinajstić information content (AvgIpc) is 2.94. The maximum absolute atomic E-state index is 12.0. The van der Waals surface area contributed by atoms with E-state index in [2.05, 4.69) is 26.9 Å². The van der Waals surface area contributed by atoms with Crippen LogP contribution in [0.2, 0.25) is 0 Å². The number of unbranched alkanes of at least 4 members (excludes halogenated alkanes) is 1. The number of rotatable bonds is 7. The van der Waals surface area contributed by atoms with Gasteiger partial charge in [-0.25, -0.2) is 0 Å². The summed E-state index contributed by atoms with van der Waals surface area (Å²) in [5, 5.41) is 3.81. The molecule has 1 atom stereocenters. The fourth-order valence-electron chi connectivity index (χ4n) is 2.81. The fraction of sp³-hybridized carbons (Fsp3) is 0.800. The zero-order valence-electron chi connectivity index (χ0n) is 13.7. The number of aromatic nitrogens is 2. The Balaban J connectivity index is 1.84. The number of hydrogen-bond donors (Lipinski definition) is 0. The number of hydrogen-bond acceptors (Lipinski definition) is 7. The van der Waals surface area contributed by atoms with Gasteiger partial charge in [0.25, 0.3) is 0 Å². The topological polar surface area (TPSA) is 71.7 Å². The molecular weight excluding hydrogens is 284 g/mol. The Hall–Kier alpha value is -1.47. The van der Waals surface area contributed by atoms with Crippen LogP contribution in [0.15, 0.2) is 4.52 Å². The molecule has 0 N–H and O–H groups in total. The molecule has 0 saturated carbocycles. The van der Waals surface area contributed by atoms with Gasteiger partial charge in [0.15, 0.2) is 5.82 Å². The molecule has 0 radical (unpaired) electrons. The Morgan fingerprint density at radius 1 is 1.36 bits per heavy atom. The molecule has 0 aliphatic carbocycles. The highest BCUT2D eigenvalue weighted by molar-refractivity contribution is 5.75. The quantitative estimate of drug-likeness (QED) is 0.701. The van der Waals surface area contributed by atoms with Crippen molar-refractivity contribution in [3.63, 3.8) is 0 Å². The summed E-state index contributed by atoms with van der Waals surface area (Å²) in [7, 11) is 1.47. The number of esters is 1. The van der Waals surface area contributed by atoms with Crippen LogP contribution in [0, 0.1) is 6.92 Å². The first-order chi connectivity index (χ1) is 10.6. The molecule has 1 fully saturated rings. The summed E-state index contributed by atoms with van der Waals surface area (Å²) in [5.74, 6) is 1.20. The lowest BCUT2D eigenvalue weighted by atomic mass is 10.1. The van der Waals surface area contributed by atoms with Gasteiger partial charge in [0.05, 0.1) is 13.7 Å². The molecule has 124 valence electrons. The number of ether oxygens (including phenoxy) is 1. The lowest BCUT2D eigenvalue weighted by Crippen LogP contribution is -2.52. The van der Waals surface area contributed by atoms with Crippen molar-refractivity contribution >= 4 is 5.97 Å². The Labute approximate surface area is 131 Å². The minimum Gasteiger partial charge on any atom is -0.468 e. The Morgan fingerprint density at radius 2 is 2.09 bits per heavy atom. The van der Waals surface area contributed by atoms with E-state index >= 15 is 0 Å². The lowest BCUT2D eigenvalue weighted by molar-refractivity contribution is -0.148. The van der Waals surface area contributed by atoms with E-state index in [0.29, 0.717) is 18.3 Å². The van der Waals surface area contributed by atoms with Crippen molar-refractivity contribution in [3.05, 3.63) is 11.7 Å². The summed E-state index contributed by atoms with van der Waals surface area (Å²) in [4.78, 5) is 20.7. The number of carbonyl (C=O) groups excluding carboxylic acids is 1.